The molecule has 8 rings (SSSR count). The third-order valence-corrected chi connectivity index (χ3v) is 14.5. The van der Waals surface area contributed by atoms with Crippen LogP contribution in [0.2, 0.25) is 0 Å². The lowest BCUT2D eigenvalue weighted by atomic mass is 10.1. The zero-order valence-corrected chi connectivity index (χ0v) is 36.0. The van der Waals surface area contributed by atoms with Crippen molar-refractivity contribution in [3.8, 4) is 5.75 Å². The van der Waals surface area contributed by atoms with E-state index < -0.39 is 107 Å². The normalized spacial score (nSPS) is 29.9. The number of hydrogen-bond donors (Lipinski definition) is 4. The summed E-state index contributed by atoms with van der Waals surface area (Å²) < 4.78 is 109. The average Bonchev–Trinajstić information content (AvgIpc) is 4.03. The van der Waals surface area contributed by atoms with Gasteiger partial charge in [-0.15, -0.1) is 0 Å². The number of nitrogens with two attached hydrogens (primary N) is 2. The van der Waals surface area contributed by atoms with E-state index in [1.165, 1.54) is 35.2 Å². The van der Waals surface area contributed by atoms with Crippen LogP contribution in [-0.2, 0) is 46.4 Å². The second kappa shape index (κ2) is 18.9. The highest BCUT2D eigenvalue weighted by Crippen LogP contribution is 2.64. The van der Waals surface area contributed by atoms with E-state index in [1.54, 1.807) is 0 Å². The van der Waals surface area contributed by atoms with E-state index >= 15 is 8.78 Å². The molecule has 64 heavy (non-hydrogen) atoms. The van der Waals surface area contributed by atoms with Gasteiger partial charge in [0.1, 0.15) is 54.3 Å². The number of H-pyrrole nitrogens is 1. The summed E-state index contributed by atoms with van der Waals surface area (Å²) in [6.45, 7) is -4.59. The van der Waals surface area contributed by atoms with E-state index in [4.69, 9.17) is 48.7 Å². The number of benzene rings is 1. The highest BCUT2D eigenvalue weighted by molar-refractivity contribution is 8.55. The number of anilines is 2. The highest BCUT2D eigenvalue weighted by Gasteiger charge is 2.54. The Morgan fingerprint density at radius 3 is 2.42 bits per heavy atom. The molecule has 0 aliphatic carbocycles. The van der Waals surface area contributed by atoms with E-state index in [-0.39, 0.29) is 51.8 Å². The second-order valence-corrected chi connectivity index (χ2v) is 20.3. The van der Waals surface area contributed by atoms with Crippen molar-refractivity contribution in [3.05, 3.63) is 59.2 Å². The molecule has 344 valence electrons. The molecular weight excluding hydrogens is 916 g/mol. The van der Waals surface area contributed by atoms with Gasteiger partial charge in [0.15, 0.2) is 47.4 Å². The Labute approximate surface area is 363 Å². The van der Waals surface area contributed by atoms with Crippen LogP contribution in [0.25, 0.3) is 22.3 Å². The number of carbonyl (C=O) groups excluding carboxylic acids is 2. The summed E-state index contributed by atoms with van der Waals surface area (Å²) in [6.07, 6.45) is -9.65. The van der Waals surface area contributed by atoms with Crippen molar-refractivity contribution in [1.82, 2.24) is 39.0 Å². The van der Waals surface area contributed by atoms with E-state index in [9.17, 15) is 28.4 Å². The maximum Gasteiger partial charge on any atom is 0.393 e. The maximum absolute atomic E-state index is 16.6. The van der Waals surface area contributed by atoms with Gasteiger partial charge < -0.3 is 44.6 Å². The predicted molar refractivity (Wildman–Crippen MR) is 218 cm³/mol. The summed E-state index contributed by atoms with van der Waals surface area (Å²) in [7, 11) is -4.80. The number of esters is 2. The van der Waals surface area contributed by atoms with E-state index in [0.717, 1.165) is 30.1 Å². The SMILES string of the molecule is CCCCCC(=O)Oc1ccc(C(=O)OCSP2(=O)OC[C@H]3O[C@@H](n4cnc5c(N)ncnc54)[C@H](F)[C@@H]3OCP(=O)(O)OC[C@H]3O[C@@H](n4cnc5c(=O)[nH]c(N)nc54)[C@H](O2)[C@@H]3F)cc1. The highest BCUT2D eigenvalue weighted by atomic mass is 32.7. The van der Waals surface area contributed by atoms with Crippen LogP contribution in [0.3, 0.4) is 0 Å². The Hall–Kier alpha value is -4.95. The number of hydrogen-bond acceptors (Lipinski definition) is 21. The number of imidazole rings is 2. The van der Waals surface area contributed by atoms with Crippen molar-refractivity contribution < 1.29 is 69.6 Å². The molecule has 7 heterocycles. The van der Waals surface area contributed by atoms with Gasteiger partial charge in [0.05, 0.1) is 31.4 Å². The predicted octanol–water partition coefficient (Wildman–Crippen LogP) is 3.70. The number of nitrogen functional groups attached to an aromatic ring is 2. The minimum Gasteiger partial charge on any atom is -0.450 e. The number of carbonyl (C=O) groups is 2. The van der Waals surface area contributed by atoms with Gasteiger partial charge in [0.25, 0.3) is 5.56 Å². The summed E-state index contributed by atoms with van der Waals surface area (Å²) in [6, 6.07) is 5.46. The van der Waals surface area contributed by atoms with Crippen molar-refractivity contribution in [1.29, 1.82) is 0 Å². The number of aromatic amines is 1. The van der Waals surface area contributed by atoms with Crippen LogP contribution in [0.4, 0.5) is 20.5 Å². The summed E-state index contributed by atoms with van der Waals surface area (Å²) in [5.41, 5.74) is 10.7. The van der Waals surface area contributed by atoms with Gasteiger partial charge in [-0.25, -0.2) is 38.1 Å². The molecular formula is C35H40F2N10O14P2S. The summed E-state index contributed by atoms with van der Waals surface area (Å²) >= 11 is 0.297. The van der Waals surface area contributed by atoms with Gasteiger partial charge in [-0.2, -0.15) is 4.98 Å². The molecule has 3 aliphatic heterocycles. The Bertz CT molecular complexity index is 2680. The summed E-state index contributed by atoms with van der Waals surface area (Å²) in [4.78, 5) is 71.2. The van der Waals surface area contributed by atoms with Crippen LogP contribution in [-0.4, -0.2) is 118 Å². The summed E-state index contributed by atoms with van der Waals surface area (Å²) in [5.74, 6) is -2.25. The first kappa shape index (κ1) is 45.6. The van der Waals surface area contributed by atoms with Crippen LogP contribution >= 0.6 is 25.8 Å². The fraction of sp³-hybridized carbons (Fsp3) is 0.486. The number of ether oxygens (including phenoxy) is 5. The topological polar surface area (TPSA) is 322 Å². The molecule has 4 aromatic heterocycles. The maximum atomic E-state index is 16.6. The lowest BCUT2D eigenvalue weighted by molar-refractivity contribution is -0.134. The van der Waals surface area contributed by atoms with Gasteiger partial charge in [-0.3, -0.25) is 37.3 Å². The lowest BCUT2D eigenvalue weighted by Crippen LogP contribution is -2.36. The fourth-order valence-electron chi connectivity index (χ4n) is 7.01. The zero-order chi connectivity index (χ0) is 45.3. The molecule has 24 nitrogen and oxygen atoms in total. The molecule has 10 atom stereocenters. The summed E-state index contributed by atoms with van der Waals surface area (Å²) in [5, 5.41) is 0. The molecule has 3 saturated heterocycles. The molecule has 2 bridgehead atoms. The minimum atomic E-state index is -4.84. The largest absolute Gasteiger partial charge is 0.450 e. The molecule has 3 aliphatic rings. The number of nitrogens with one attached hydrogen (secondary N) is 1. The molecule has 6 N–H and O–H groups in total. The van der Waals surface area contributed by atoms with Crippen molar-refractivity contribution >= 4 is 71.8 Å². The van der Waals surface area contributed by atoms with Crippen LogP contribution < -0.4 is 21.8 Å². The monoisotopic (exact) mass is 956 g/mol. The molecule has 2 unspecified atom stereocenters. The number of rotatable bonds is 11. The first-order valence-corrected chi connectivity index (χ1v) is 24.4. The number of nitrogens with zero attached hydrogens (tertiary/aromatic N) is 7. The Balaban J connectivity index is 1.07. The second-order valence-electron chi connectivity index (χ2n) is 14.5. The van der Waals surface area contributed by atoms with Crippen molar-refractivity contribution in [3.63, 3.8) is 0 Å². The van der Waals surface area contributed by atoms with Crippen molar-refractivity contribution in [2.75, 3.05) is 37.0 Å². The quantitative estimate of drug-likeness (QED) is 0.0482. The van der Waals surface area contributed by atoms with Crippen LogP contribution in [0, 0.1) is 0 Å². The number of unbranched alkanes of at least 4 members (excludes halogenated alkanes) is 2. The van der Waals surface area contributed by atoms with Gasteiger partial charge >= 0.3 is 26.3 Å². The first-order valence-electron chi connectivity index (χ1n) is 19.5. The number of alkyl halides is 2. The standard InChI is InChI=1S/C35H40F2N10O14P2S/c1-2-3-4-5-21(48)58-18-8-6-17(7-9-18)34(50)55-16-64-63(53)57-11-20-26(23(37)32(60-20)46-13-42-24-28(38)40-12-41-29(24)46)54-15-62(51,52)56-10-19-22(36)27(61-63)33(59-19)47-14-43-25-30(47)44-35(39)45-31(25)49/h6-9,12-14,19-20,22-23,26-27,32-33H,2-5,10-11,15-16H2,1H3,(H,51,52)(H2,38,40,41)(H3,39,44,45,49)/t19-,20-,22-,23-,26-,27-,32-,33-,63?/m1/s1. The molecule has 0 spiro atoms. The number of aromatic nitrogens is 8. The Morgan fingerprint density at radius 1 is 0.938 bits per heavy atom. The van der Waals surface area contributed by atoms with Crippen LogP contribution in [0.15, 0.2) is 48.0 Å². The average molecular weight is 957 g/mol. The van der Waals surface area contributed by atoms with Gasteiger partial charge in [0, 0.05) is 17.8 Å². The van der Waals surface area contributed by atoms with E-state index in [1.807, 2.05) is 6.92 Å². The molecule has 1 aromatic carbocycles. The number of fused-ring (bicyclic) bond motifs is 5. The van der Waals surface area contributed by atoms with Crippen LogP contribution in [0.1, 0.15) is 55.4 Å². The third-order valence-electron chi connectivity index (χ3n) is 10.1. The number of halogens is 2. The van der Waals surface area contributed by atoms with Crippen molar-refractivity contribution in [2.24, 2.45) is 0 Å². The van der Waals surface area contributed by atoms with Gasteiger partial charge in [-0.1, -0.05) is 19.8 Å². The Kier molecular flexibility index (Phi) is 13.5. The smallest absolute Gasteiger partial charge is 0.393 e. The van der Waals surface area contributed by atoms with Crippen molar-refractivity contribution in [2.45, 2.75) is 81.8 Å². The van der Waals surface area contributed by atoms with Gasteiger partial charge in [0.2, 0.25) is 5.95 Å². The van der Waals surface area contributed by atoms with E-state index in [0.29, 0.717) is 17.8 Å². The van der Waals surface area contributed by atoms with E-state index in [2.05, 4.69) is 29.9 Å². The molecule has 29 heteroatoms. The zero-order valence-electron chi connectivity index (χ0n) is 33.4. The van der Waals surface area contributed by atoms with Gasteiger partial charge in [-0.05, 0) is 30.7 Å². The third kappa shape index (κ3) is 9.68. The molecule has 0 saturated carbocycles. The van der Waals surface area contributed by atoms with Crippen LogP contribution in [0.5, 0.6) is 5.75 Å². The molecule has 0 amide bonds. The lowest BCUT2D eigenvalue weighted by Gasteiger charge is -2.27. The molecule has 5 aromatic rings. The minimum absolute atomic E-state index is 0.0155. The first-order chi connectivity index (χ1) is 30.6. The molecule has 0 radical (unpaired) electrons. The molecule has 3 fully saturated rings. The Morgan fingerprint density at radius 2 is 1.66 bits per heavy atom. The fourth-order valence-corrected chi connectivity index (χ4v) is 10.6.